The molecule has 0 radical (unpaired) electrons. The number of nitrogens with two attached hydrogens (primary N) is 1. The molecule has 0 aromatic heterocycles. The highest BCUT2D eigenvalue weighted by molar-refractivity contribution is 9.10. The summed E-state index contributed by atoms with van der Waals surface area (Å²) in [6, 6.07) is 5.16. The van der Waals surface area contributed by atoms with Crippen molar-refractivity contribution >= 4 is 15.9 Å². The van der Waals surface area contributed by atoms with E-state index in [2.05, 4.69) is 49.1 Å². The number of hydrogen-bond donors (Lipinski definition) is 2. The molecule has 0 saturated carbocycles. The van der Waals surface area contributed by atoms with Crippen molar-refractivity contribution in [3.63, 3.8) is 0 Å². The Morgan fingerprint density at radius 3 is 2.53 bits per heavy atom. The molecule has 0 amide bonds. The van der Waals surface area contributed by atoms with Crippen LogP contribution in [-0.2, 0) is 0 Å². The van der Waals surface area contributed by atoms with Gasteiger partial charge in [-0.2, -0.15) is 0 Å². The minimum absolute atomic E-state index is 0.158. The van der Waals surface area contributed by atoms with Crippen LogP contribution in [0.25, 0.3) is 0 Å². The van der Waals surface area contributed by atoms with Crippen molar-refractivity contribution in [3.8, 4) is 0 Å². The molecule has 4 heteroatoms. The summed E-state index contributed by atoms with van der Waals surface area (Å²) in [4.78, 5) is 0. The third-order valence-corrected chi connectivity index (χ3v) is 3.77. The van der Waals surface area contributed by atoms with E-state index >= 15 is 0 Å². The predicted octanol–water partition coefficient (Wildman–Crippen LogP) is 4.56. The largest absolute Gasteiger partial charge is 0.271 e. The number of halogens is 2. The molecule has 0 heterocycles. The van der Waals surface area contributed by atoms with E-state index in [1.807, 2.05) is 6.07 Å². The van der Waals surface area contributed by atoms with Crippen molar-refractivity contribution in [2.75, 3.05) is 0 Å². The number of hydrogen-bond acceptors (Lipinski definition) is 2. The van der Waals surface area contributed by atoms with Gasteiger partial charge in [0.2, 0.25) is 0 Å². The van der Waals surface area contributed by atoms with E-state index < -0.39 is 0 Å². The Morgan fingerprint density at radius 1 is 1.37 bits per heavy atom. The molecule has 0 bridgehead atoms. The van der Waals surface area contributed by atoms with Crippen molar-refractivity contribution in [1.82, 2.24) is 5.43 Å². The van der Waals surface area contributed by atoms with Crippen LogP contribution in [0, 0.1) is 17.2 Å². The van der Waals surface area contributed by atoms with Gasteiger partial charge in [0.05, 0.1) is 4.47 Å². The quantitative estimate of drug-likeness (QED) is 0.613. The predicted molar refractivity (Wildman–Crippen MR) is 82.0 cm³/mol. The van der Waals surface area contributed by atoms with E-state index in [1.54, 1.807) is 12.1 Å². The molecule has 2 nitrogen and oxygen atoms in total. The van der Waals surface area contributed by atoms with Gasteiger partial charge >= 0.3 is 0 Å². The summed E-state index contributed by atoms with van der Waals surface area (Å²) in [5.74, 6) is 5.85. The molecule has 108 valence electrons. The zero-order valence-electron chi connectivity index (χ0n) is 12.1. The van der Waals surface area contributed by atoms with Crippen LogP contribution >= 0.6 is 15.9 Å². The summed E-state index contributed by atoms with van der Waals surface area (Å²) in [7, 11) is 0. The first kappa shape index (κ1) is 16.6. The summed E-state index contributed by atoms with van der Waals surface area (Å²) in [6.07, 6.45) is 1.90. The van der Waals surface area contributed by atoms with Crippen molar-refractivity contribution in [2.24, 2.45) is 17.2 Å². The fraction of sp³-hybridized carbons (Fsp3) is 0.600. The van der Waals surface area contributed by atoms with E-state index in [0.717, 1.165) is 12.8 Å². The minimum Gasteiger partial charge on any atom is -0.271 e. The molecule has 2 atom stereocenters. The number of nitrogens with one attached hydrogen (secondary N) is 1. The number of rotatable bonds is 5. The molecule has 3 N–H and O–H groups in total. The fourth-order valence-corrected chi connectivity index (χ4v) is 2.99. The van der Waals surface area contributed by atoms with Crippen molar-refractivity contribution in [1.29, 1.82) is 0 Å². The van der Waals surface area contributed by atoms with Crippen molar-refractivity contribution < 1.29 is 4.39 Å². The van der Waals surface area contributed by atoms with Gasteiger partial charge in [-0.25, -0.2) is 4.39 Å². The van der Waals surface area contributed by atoms with Gasteiger partial charge in [0.25, 0.3) is 0 Å². The van der Waals surface area contributed by atoms with E-state index in [1.165, 1.54) is 0 Å². The summed E-state index contributed by atoms with van der Waals surface area (Å²) in [5, 5.41) is 0. The maximum absolute atomic E-state index is 14.1. The maximum Gasteiger partial charge on any atom is 0.142 e. The lowest BCUT2D eigenvalue weighted by atomic mass is 9.82. The zero-order chi connectivity index (χ0) is 14.6. The van der Waals surface area contributed by atoms with Gasteiger partial charge < -0.3 is 0 Å². The van der Waals surface area contributed by atoms with E-state index in [0.29, 0.717) is 16.0 Å². The van der Waals surface area contributed by atoms with E-state index in [9.17, 15) is 4.39 Å². The molecule has 0 aliphatic heterocycles. The highest BCUT2D eigenvalue weighted by Crippen LogP contribution is 2.32. The zero-order valence-corrected chi connectivity index (χ0v) is 13.7. The van der Waals surface area contributed by atoms with Crippen molar-refractivity contribution in [3.05, 3.63) is 34.1 Å². The lowest BCUT2D eigenvalue weighted by molar-refractivity contribution is 0.274. The third-order valence-electron chi connectivity index (χ3n) is 3.16. The topological polar surface area (TPSA) is 38.0 Å². The Hall–Kier alpha value is -0.450. The second kappa shape index (κ2) is 6.82. The van der Waals surface area contributed by atoms with Crippen LogP contribution in [0.4, 0.5) is 4.39 Å². The lowest BCUT2D eigenvalue weighted by Crippen LogP contribution is -2.30. The van der Waals surface area contributed by atoms with Crippen molar-refractivity contribution in [2.45, 2.75) is 46.6 Å². The molecule has 0 aliphatic rings. The average Bonchev–Trinajstić information content (AvgIpc) is 2.27. The van der Waals surface area contributed by atoms with Gasteiger partial charge in [0.15, 0.2) is 0 Å². The molecule has 0 saturated heterocycles. The van der Waals surface area contributed by atoms with E-state index in [4.69, 9.17) is 5.84 Å². The van der Waals surface area contributed by atoms with Gasteiger partial charge in [-0.15, -0.1) is 0 Å². The SMILES string of the molecule is CC(CC(NN)c1cccc(Br)c1F)CC(C)(C)C. The summed E-state index contributed by atoms with van der Waals surface area (Å²) in [6.45, 7) is 8.84. The number of benzene rings is 1. The standard InChI is InChI=1S/C15H24BrFN2/c1-10(9-15(2,3)4)8-13(19-18)11-6-5-7-12(16)14(11)17/h5-7,10,13,19H,8-9,18H2,1-4H3. The second-order valence-corrected chi connectivity index (χ2v) is 7.32. The fourth-order valence-electron chi connectivity index (χ4n) is 2.61. The molecule has 0 aliphatic carbocycles. The van der Waals surface area contributed by atoms with E-state index in [-0.39, 0.29) is 17.3 Å². The van der Waals surface area contributed by atoms with Crippen LogP contribution in [0.1, 0.15) is 52.1 Å². The molecule has 0 spiro atoms. The van der Waals surface area contributed by atoms with Crippen LogP contribution in [0.5, 0.6) is 0 Å². The minimum atomic E-state index is -0.228. The Bertz CT molecular complexity index is 415. The smallest absolute Gasteiger partial charge is 0.142 e. The Labute approximate surface area is 124 Å². The molecule has 1 aromatic rings. The molecule has 1 rings (SSSR count). The van der Waals surface area contributed by atoms with Crippen LogP contribution in [-0.4, -0.2) is 0 Å². The number of hydrazine groups is 1. The normalized spacial score (nSPS) is 15.3. The van der Waals surface area contributed by atoms with Crippen LogP contribution in [0.2, 0.25) is 0 Å². The van der Waals surface area contributed by atoms with Gasteiger partial charge in [-0.1, -0.05) is 39.8 Å². The highest BCUT2D eigenvalue weighted by Gasteiger charge is 2.22. The molecule has 19 heavy (non-hydrogen) atoms. The molecular formula is C15H24BrFN2. The molecular weight excluding hydrogens is 307 g/mol. The molecule has 2 unspecified atom stereocenters. The van der Waals surface area contributed by atoms with Gasteiger partial charge in [0, 0.05) is 11.6 Å². The first-order chi connectivity index (χ1) is 8.74. The summed E-state index contributed by atoms with van der Waals surface area (Å²) < 4.78 is 14.6. The van der Waals surface area contributed by atoms with Crippen LogP contribution < -0.4 is 11.3 Å². The highest BCUT2D eigenvalue weighted by atomic mass is 79.9. The summed E-state index contributed by atoms with van der Waals surface area (Å²) in [5.41, 5.74) is 3.64. The first-order valence-corrected chi connectivity index (χ1v) is 7.44. The monoisotopic (exact) mass is 330 g/mol. The second-order valence-electron chi connectivity index (χ2n) is 6.47. The summed E-state index contributed by atoms with van der Waals surface area (Å²) >= 11 is 3.21. The van der Waals surface area contributed by atoms with Crippen LogP contribution in [0.3, 0.4) is 0 Å². The Morgan fingerprint density at radius 2 is 2.00 bits per heavy atom. The maximum atomic E-state index is 14.1. The van der Waals surface area contributed by atoms with Gasteiger partial charge in [0.1, 0.15) is 5.82 Å². The first-order valence-electron chi connectivity index (χ1n) is 6.64. The molecule has 1 aromatic carbocycles. The van der Waals surface area contributed by atoms with Crippen LogP contribution in [0.15, 0.2) is 22.7 Å². The van der Waals surface area contributed by atoms with Gasteiger partial charge in [-0.3, -0.25) is 11.3 Å². The van der Waals surface area contributed by atoms with Gasteiger partial charge in [-0.05, 0) is 46.2 Å². The third kappa shape index (κ3) is 5.21. The Balaban J connectivity index is 2.81. The Kier molecular flexibility index (Phi) is 5.96. The molecule has 0 fully saturated rings. The average molecular weight is 331 g/mol. The lowest BCUT2D eigenvalue weighted by Gasteiger charge is -2.27.